The second kappa shape index (κ2) is 8.73. The molecule has 0 spiro atoms. The first kappa shape index (κ1) is 21.0. The number of nitrogens with one attached hydrogen (secondary N) is 1. The second-order valence-corrected chi connectivity index (χ2v) is 8.19. The maximum Gasteiger partial charge on any atom is 0.413 e. The summed E-state index contributed by atoms with van der Waals surface area (Å²) in [4.78, 5) is 48.6. The number of aromatic nitrogens is 2. The van der Waals surface area contributed by atoms with Crippen molar-refractivity contribution < 1.29 is 23.9 Å². The number of aryl methyl sites for hydroxylation is 2. The van der Waals surface area contributed by atoms with E-state index in [1.807, 2.05) is 5.32 Å². The maximum atomic E-state index is 12.4. The number of hydrogen-bond donors (Lipinski definition) is 1. The monoisotopic (exact) mass is 420 g/mol. The predicted octanol–water partition coefficient (Wildman–Crippen LogP) is 2.34. The molecular weight excluding hydrogens is 396 g/mol. The van der Waals surface area contributed by atoms with Gasteiger partial charge >= 0.3 is 12.1 Å². The number of carbonyl (C=O) groups is 3. The van der Waals surface area contributed by atoms with E-state index in [1.54, 1.807) is 17.7 Å². The van der Waals surface area contributed by atoms with E-state index in [0.29, 0.717) is 25.9 Å². The van der Waals surface area contributed by atoms with E-state index < -0.39 is 24.1 Å². The zero-order valence-electron chi connectivity index (χ0n) is 16.9. The van der Waals surface area contributed by atoms with Gasteiger partial charge in [0.25, 0.3) is 5.91 Å². The summed E-state index contributed by atoms with van der Waals surface area (Å²) in [5, 5.41) is 3.06. The number of imide groups is 1. The molecule has 2 aromatic heterocycles. The molecule has 0 saturated carbocycles. The smallest absolute Gasteiger partial charge is 0.413 e. The average molecular weight is 420 g/mol. The molecule has 1 fully saturated rings. The highest BCUT2D eigenvalue weighted by Crippen LogP contribution is 2.35. The lowest BCUT2D eigenvalue weighted by Gasteiger charge is -2.32. The number of hydrogen-bond acceptors (Lipinski definition) is 9. The van der Waals surface area contributed by atoms with Crippen molar-refractivity contribution in [2.45, 2.75) is 39.7 Å². The molecule has 0 aliphatic carbocycles. The number of piperidine rings is 1. The Balaban J connectivity index is 1.60. The van der Waals surface area contributed by atoms with Crippen molar-refractivity contribution in [3.63, 3.8) is 0 Å². The van der Waals surface area contributed by atoms with Crippen molar-refractivity contribution in [3.05, 3.63) is 16.8 Å². The number of ether oxygens (including phenoxy) is 2. The van der Waals surface area contributed by atoms with Crippen LogP contribution in [0.5, 0.6) is 0 Å². The molecule has 3 heterocycles. The van der Waals surface area contributed by atoms with Crippen molar-refractivity contribution in [2.75, 3.05) is 25.1 Å². The SMILES string of the molecule is COC(=O)NC(=O)[C@@H](C)OC(=O)C1CCN(c2ncnc3sc(C)c(C)c23)CC1. The third-order valence-corrected chi connectivity index (χ3v) is 6.26. The highest BCUT2D eigenvalue weighted by atomic mass is 32.1. The summed E-state index contributed by atoms with van der Waals surface area (Å²) in [7, 11) is 1.15. The van der Waals surface area contributed by atoms with Crippen molar-refractivity contribution in [1.82, 2.24) is 15.3 Å². The lowest BCUT2D eigenvalue weighted by Crippen LogP contribution is -2.42. The number of amides is 2. The summed E-state index contributed by atoms with van der Waals surface area (Å²) in [6.45, 7) is 6.88. The van der Waals surface area contributed by atoms with Gasteiger partial charge in [-0.2, -0.15) is 0 Å². The normalized spacial score (nSPS) is 15.8. The van der Waals surface area contributed by atoms with Crippen LogP contribution < -0.4 is 10.2 Å². The molecule has 0 aromatic carbocycles. The molecule has 0 unspecified atom stereocenters. The molecule has 1 N–H and O–H groups in total. The lowest BCUT2D eigenvalue weighted by atomic mass is 9.96. The molecule has 1 atom stereocenters. The first-order valence-corrected chi connectivity index (χ1v) is 10.2. The fraction of sp³-hybridized carbons (Fsp3) is 0.526. The Labute approximate surface area is 172 Å². The van der Waals surface area contributed by atoms with Gasteiger partial charge in [-0.1, -0.05) is 0 Å². The third-order valence-electron chi connectivity index (χ3n) is 5.15. The van der Waals surface area contributed by atoms with Gasteiger partial charge in [-0.15, -0.1) is 11.3 Å². The Kier molecular flexibility index (Phi) is 6.31. The largest absolute Gasteiger partial charge is 0.453 e. The van der Waals surface area contributed by atoms with Gasteiger partial charge in [0.1, 0.15) is 17.0 Å². The molecule has 1 aliphatic rings. The fourth-order valence-electron chi connectivity index (χ4n) is 3.31. The van der Waals surface area contributed by atoms with Crippen LogP contribution in [0, 0.1) is 19.8 Å². The summed E-state index contributed by atoms with van der Waals surface area (Å²) < 4.78 is 9.59. The van der Waals surface area contributed by atoms with Gasteiger partial charge in [-0.05, 0) is 39.2 Å². The van der Waals surface area contributed by atoms with Crippen molar-refractivity contribution >= 4 is 45.3 Å². The van der Waals surface area contributed by atoms with E-state index >= 15 is 0 Å². The summed E-state index contributed by atoms with van der Waals surface area (Å²) in [6, 6.07) is 0. The standard InChI is InChI=1S/C19H24N4O5S/c1-10-12(3)29-17-14(10)15(20-9-21-17)23-7-5-13(6-8-23)18(25)28-11(2)16(24)22-19(26)27-4/h9,11,13H,5-8H2,1-4H3,(H,22,24,26)/t11-/m1/s1. The maximum absolute atomic E-state index is 12.4. The number of methoxy groups -OCH3 is 1. The number of rotatable bonds is 4. The van der Waals surface area contributed by atoms with Gasteiger partial charge < -0.3 is 14.4 Å². The lowest BCUT2D eigenvalue weighted by molar-refractivity contribution is -0.159. The highest BCUT2D eigenvalue weighted by Gasteiger charge is 2.30. The number of nitrogens with zero attached hydrogens (tertiary/aromatic N) is 3. The zero-order valence-corrected chi connectivity index (χ0v) is 17.7. The molecule has 156 valence electrons. The van der Waals surface area contributed by atoms with Crippen LogP contribution in [0.15, 0.2) is 6.33 Å². The zero-order chi connectivity index (χ0) is 21.1. The minimum absolute atomic E-state index is 0.303. The van der Waals surface area contributed by atoms with Gasteiger partial charge in [0.15, 0.2) is 6.10 Å². The second-order valence-electron chi connectivity index (χ2n) is 6.98. The van der Waals surface area contributed by atoms with Gasteiger partial charge in [-0.25, -0.2) is 14.8 Å². The van der Waals surface area contributed by atoms with Crippen LogP contribution in [0.2, 0.25) is 0 Å². The third kappa shape index (κ3) is 4.47. The van der Waals surface area contributed by atoms with E-state index in [-0.39, 0.29) is 5.92 Å². The van der Waals surface area contributed by atoms with Crippen LogP contribution >= 0.6 is 11.3 Å². The summed E-state index contributed by atoms with van der Waals surface area (Å²) in [5.41, 5.74) is 1.19. The molecule has 1 aliphatic heterocycles. The Morgan fingerprint density at radius 2 is 1.93 bits per heavy atom. The van der Waals surface area contributed by atoms with E-state index in [0.717, 1.165) is 23.1 Å². The van der Waals surface area contributed by atoms with Crippen LogP contribution in [0.25, 0.3) is 10.2 Å². The van der Waals surface area contributed by atoms with Crippen molar-refractivity contribution in [1.29, 1.82) is 0 Å². The Bertz CT molecular complexity index is 936. The predicted molar refractivity (Wildman–Crippen MR) is 108 cm³/mol. The fourth-order valence-corrected chi connectivity index (χ4v) is 4.30. The van der Waals surface area contributed by atoms with Crippen LogP contribution in [-0.2, 0) is 19.1 Å². The van der Waals surface area contributed by atoms with Gasteiger partial charge in [0.2, 0.25) is 0 Å². The van der Waals surface area contributed by atoms with E-state index in [4.69, 9.17) is 4.74 Å². The number of alkyl carbamates (subject to hydrolysis) is 1. The minimum Gasteiger partial charge on any atom is -0.453 e. The van der Waals surface area contributed by atoms with E-state index in [9.17, 15) is 14.4 Å². The molecule has 2 aromatic rings. The summed E-state index contributed by atoms with van der Waals surface area (Å²) in [6.07, 6.45) is 0.809. The number of fused-ring (bicyclic) bond motifs is 1. The van der Waals surface area contributed by atoms with Gasteiger partial charge in [0, 0.05) is 18.0 Å². The molecule has 9 nitrogen and oxygen atoms in total. The van der Waals surface area contributed by atoms with Gasteiger partial charge in [-0.3, -0.25) is 14.9 Å². The Hall–Kier alpha value is -2.75. The average Bonchev–Trinajstić information content (AvgIpc) is 3.01. The number of carbonyl (C=O) groups excluding carboxylic acids is 3. The van der Waals surface area contributed by atoms with Crippen LogP contribution in [0.1, 0.15) is 30.2 Å². The minimum atomic E-state index is -1.07. The molecule has 3 rings (SSSR count). The molecular formula is C19H24N4O5S. The molecule has 2 amide bonds. The number of esters is 1. The first-order chi connectivity index (χ1) is 13.8. The summed E-state index contributed by atoms with van der Waals surface area (Å²) in [5.74, 6) is -0.557. The number of thiophene rings is 1. The van der Waals surface area contributed by atoms with Crippen LogP contribution in [-0.4, -0.2) is 54.2 Å². The quantitative estimate of drug-likeness (QED) is 0.751. The van der Waals surface area contributed by atoms with Gasteiger partial charge in [0.05, 0.1) is 18.4 Å². The van der Waals surface area contributed by atoms with E-state index in [2.05, 4.69) is 33.5 Å². The first-order valence-electron chi connectivity index (χ1n) is 9.36. The number of anilines is 1. The Morgan fingerprint density at radius 1 is 1.24 bits per heavy atom. The van der Waals surface area contributed by atoms with Crippen molar-refractivity contribution in [2.24, 2.45) is 5.92 Å². The van der Waals surface area contributed by atoms with Crippen molar-refractivity contribution in [3.8, 4) is 0 Å². The Morgan fingerprint density at radius 3 is 2.59 bits per heavy atom. The highest BCUT2D eigenvalue weighted by molar-refractivity contribution is 7.18. The molecule has 10 heteroatoms. The van der Waals surface area contributed by atoms with Crippen LogP contribution in [0.3, 0.4) is 0 Å². The molecule has 1 saturated heterocycles. The topological polar surface area (TPSA) is 111 Å². The molecule has 0 radical (unpaired) electrons. The molecule has 29 heavy (non-hydrogen) atoms. The van der Waals surface area contributed by atoms with E-state index in [1.165, 1.54) is 17.4 Å². The molecule has 0 bridgehead atoms. The van der Waals surface area contributed by atoms with Crippen LogP contribution in [0.4, 0.5) is 10.6 Å². The summed E-state index contributed by atoms with van der Waals surface area (Å²) >= 11 is 1.65.